The van der Waals surface area contributed by atoms with Gasteiger partial charge in [-0.15, -0.1) is 0 Å². The summed E-state index contributed by atoms with van der Waals surface area (Å²) in [5, 5.41) is 3.39. The van der Waals surface area contributed by atoms with Gasteiger partial charge < -0.3 is 10.2 Å². The van der Waals surface area contributed by atoms with Gasteiger partial charge in [0.2, 0.25) is 5.91 Å². The van der Waals surface area contributed by atoms with Gasteiger partial charge in [-0.1, -0.05) is 6.42 Å². The van der Waals surface area contributed by atoms with Crippen LogP contribution in [0.25, 0.3) is 0 Å². The molecule has 0 radical (unpaired) electrons. The Morgan fingerprint density at radius 1 is 0.957 bits per heavy atom. The molecule has 0 aromatic rings. The normalized spacial score (nSPS) is 34.0. The number of piperidine rings is 1. The number of carbonyl (C=O) groups is 1. The summed E-state index contributed by atoms with van der Waals surface area (Å²) in [6.45, 7) is 11.9. The number of nitrogens with one attached hydrogen (secondary N) is 1. The fourth-order valence-corrected chi connectivity index (χ4v) is 4.42. The summed E-state index contributed by atoms with van der Waals surface area (Å²) < 4.78 is 0. The van der Waals surface area contributed by atoms with E-state index in [1.165, 1.54) is 32.2 Å². The third-order valence-corrected chi connectivity index (χ3v) is 6.10. The summed E-state index contributed by atoms with van der Waals surface area (Å²) in [5.41, 5.74) is 0. The maximum atomic E-state index is 12.5. The average Bonchev–Trinajstić information content (AvgIpc) is 2.92. The highest BCUT2D eigenvalue weighted by atomic mass is 16.2. The lowest BCUT2D eigenvalue weighted by atomic mass is 10.0. The maximum Gasteiger partial charge on any atom is 0.239 e. The first-order chi connectivity index (χ1) is 11.1. The molecule has 0 aliphatic carbocycles. The highest BCUT2D eigenvalue weighted by molar-refractivity contribution is 5.82. The summed E-state index contributed by atoms with van der Waals surface area (Å²) in [7, 11) is 0. The number of hydrogen-bond donors (Lipinski definition) is 1. The van der Waals surface area contributed by atoms with E-state index in [2.05, 4.69) is 33.9 Å². The lowest BCUT2D eigenvalue weighted by Crippen LogP contribution is -2.55. The third-order valence-electron chi connectivity index (χ3n) is 6.10. The maximum absolute atomic E-state index is 12.5. The molecule has 0 saturated carbocycles. The first-order valence-electron chi connectivity index (χ1n) is 9.65. The summed E-state index contributed by atoms with van der Waals surface area (Å²) in [5.74, 6) is 0.339. The standard InChI is InChI=1S/C18H34N4O/c1-15-6-7-16(2)22(15)14-11-20-9-12-21(13-10-20)18(23)17-5-3-4-8-19-17/h15-17,19H,3-14H2,1-2H3/t15-,16+,17-/m0/s1. The number of nitrogens with zero attached hydrogens (tertiary/aromatic N) is 3. The van der Waals surface area contributed by atoms with E-state index in [1.807, 2.05) is 0 Å². The fraction of sp³-hybridized carbons (Fsp3) is 0.944. The van der Waals surface area contributed by atoms with Crippen molar-refractivity contribution in [2.24, 2.45) is 0 Å². The minimum atomic E-state index is 0.0848. The van der Waals surface area contributed by atoms with Gasteiger partial charge in [0.05, 0.1) is 6.04 Å². The third kappa shape index (κ3) is 4.25. The molecule has 0 unspecified atom stereocenters. The summed E-state index contributed by atoms with van der Waals surface area (Å²) in [4.78, 5) is 19.8. The van der Waals surface area contributed by atoms with Gasteiger partial charge in [0.25, 0.3) is 0 Å². The fourth-order valence-electron chi connectivity index (χ4n) is 4.42. The van der Waals surface area contributed by atoms with E-state index < -0.39 is 0 Å². The van der Waals surface area contributed by atoms with Crippen LogP contribution < -0.4 is 5.32 Å². The predicted molar refractivity (Wildman–Crippen MR) is 93.5 cm³/mol. The quantitative estimate of drug-likeness (QED) is 0.843. The molecule has 132 valence electrons. The SMILES string of the molecule is C[C@@H]1CC[C@H](C)N1CCN1CCN(C(=O)[C@@H]2CCCCN2)CC1. The van der Waals surface area contributed by atoms with Crippen molar-refractivity contribution in [3.05, 3.63) is 0 Å². The number of amides is 1. The van der Waals surface area contributed by atoms with E-state index in [0.717, 1.165) is 57.8 Å². The zero-order chi connectivity index (χ0) is 16.2. The van der Waals surface area contributed by atoms with Crippen LogP contribution in [0.3, 0.4) is 0 Å². The molecule has 3 saturated heterocycles. The van der Waals surface area contributed by atoms with Crippen molar-refractivity contribution in [3.8, 4) is 0 Å². The van der Waals surface area contributed by atoms with Crippen LogP contribution >= 0.6 is 0 Å². The van der Waals surface area contributed by atoms with Crippen LogP contribution in [0.2, 0.25) is 0 Å². The molecule has 1 N–H and O–H groups in total. The molecule has 3 aliphatic heterocycles. The Balaban J connectivity index is 1.39. The van der Waals surface area contributed by atoms with Crippen LogP contribution in [0, 0.1) is 0 Å². The predicted octanol–water partition coefficient (Wildman–Crippen LogP) is 1.15. The molecule has 5 heteroatoms. The number of hydrogen-bond acceptors (Lipinski definition) is 4. The van der Waals surface area contributed by atoms with Gasteiger partial charge in [0.15, 0.2) is 0 Å². The molecule has 3 rings (SSSR count). The Morgan fingerprint density at radius 2 is 1.65 bits per heavy atom. The van der Waals surface area contributed by atoms with Gasteiger partial charge in [-0.2, -0.15) is 0 Å². The first-order valence-corrected chi connectivity index (χ1v) is 9.65. The van der Waals surface area contributed by atoms with Gasteiger partial charge in [-0.25, -0.2) is 0 Å². The smallest absolute Gasteiger partial charge is 0.239 e. The van der Waals surface area contributed by atoms with Crippen LogP contribution in [0.1, 0.15) is 46.0 Å². The van der Waals surface area contributed by atoms with E-state index >= 15 is 0 Å². The number of carbonyl (C=O) groups excluding carboxylic acids is 1. The molecule has 23 heavy (non-hydrogen) atoms. The minimum absolute atomic E-state index is 0.0848. The Morgan fingerprint density at radius 3 is 2.26 bits per heavy atom. The molecule has 0 aromatic carbocycles. The molecule has 3 heterocycles. The molecular formula is C18H34N4O. The lowest BCUT2D eigenvalue weighted by molar-refractivity contribution is -0.135. The van der Waals surface area contributed by atoms with E-state index in [4.69, 9.17) is 0 Å². The Hall–Kier alpha value is -0.650. The van der Waals surface area contributed by atoms with E-state index in [-0.39, 0.29) is 6.04 Å². The van der Waals surface area contributed by atoms with Gasteiger partial charge in [0, 0.05) is 51.4 Å². The molecule has 5 nitrogen and oxygen atoms in total. The summed E-state index contributed by atoms with van der Waals surface area (Å²) in [6, 6.07) is 1.57. The van der Waals surface area contributed by atoms with Crippen LogP contribution in [-0.2, 0) is 4.79 Å². The lowest BCUT2D eigenvalue weighted by Gasteiger charge is -2.38. The zero-order valence-corrected chi connectivity index (χ0v) is 15.0. The largest absolute Gasteiger partial charge is 0.339 e. The van der Waals surface area contributed by atoms with Gasteiger partial charge in [0.1, 0.15) is 0 Å². The van der Waals surface area contributed by atoms with E-state index in [1.54, 1.807) is 0 Å². The molecule has 1 amide bonds. The second-order valence-electron chi connectivity index (χ2n) is 7.68. The van der Waals surface area contributed by atoms with Gasteiger partial charge in [-0.3, -0.25) is 14.6 Å². The van der Waals surface area contributed by atoms with Crippen molar-refractivity contribution < 1.29 is 4.79 Å². The van der Waals surface area contributed by atoms with Crippen LogP contribution in [0.5, 0.6) is 0 Å². The zero-order valence-electron chi connectivity index (χ0n) is 15.0. The Bertz CT molecular complexity index is 378. The van der Waals surface area contributed by atoms with Crippen molar-refractivity contribution >= 4 is 5.91 Å². The second kappa shape index (κ2) is 7.95. The Labute approximate surface area is 141 Å². The average molecular weight is 322 g/mol. The number of rotatable bonds is 4. The molecular weight excluding hydrogens is 288 g/mol. The molecule has 0 bridgehead atoms. The van der Waals surface area contributed by atoms with Crippen LogP contribution in [0.4, 0.5) is 0 Å². The van der Waals surface area contributed by atoms with Crippen molar-refractivity contribution in [3.63, 3.8) is 0 Å². The van der Waals surface area contributed by atoms with Gasteiger partial charge in [-0.05, 0) is 46.1 Å². The van der Waals surface area contributed by atoms with Crippen LogP contribution in [-0.4, -0.2) is 84.5 Å². The van der Waals surface area contributed by atoms with Crippen molar-refractivity contribution in [2.45, 2.75) is 64.1 Å². The van der Waals surface area contributed by atoms with Crippen molar-refractivity contribution in [1.29, 1.82) is 0 Å². The molecule has 3 atom stereocenters. The monoisotopic (exact) mass is 322 g/mol. The van der Waals surface area contributed by atoms with Crippen LogP contribution in [0.15, 0.2) is 0 Å². The highest BCUT2D eigenvalue weighted by Gasteiger charge is 2.30. The highest BCUT2D eigenvalue weighted by Crippen LogP contribution is 2.23. The molecule has 3 aliphatic rings. The molecule has 3 fully saturated rings. The minimum Gasteiger partial charge on any atom is -0.339 e. The second-order valence-corrected chi connectivity index (χ2v) is 7.68. The van der Waals surface area contributed by atoms with Crippen molar-refractivity contribution in [1.82, 2.24) is 20.0 Å². The molecule has 0 spiro atoms. The summed E-state index contributed by atoms with van der Waals surface area (Å²) in [6.07, 6.45) is 6.11. The topological polar surface area (TPSA) is 38.8 Å². The van der Waals surface area contributed by atoms with Gasteiger partial charge >= 0.3 is 0 Å². The first kappa shape index (κ1) is 17.2. The number of likely N-dealkylation sites (tertiary alicyclic amines) is 1. The van der Waals surface area contributed by atoms with Crippen molar-refractivity contribution in [2.75, 3.05) is 45.8 Å². The number of piperazine rings is 1. The van der Waals surface area contributed by atoms with E-state index in [0.29, 0.717) is 5.91 Å². The van der Waals surface area contributed by atoms with E-state index in [9.17, 15) is 4.79 Å². The molecule has 0 aromatic heterocycles. The summed E-state index contributed by atoms with van der Waals surface area (Å²) >= 11 is 0. The Kier molecular flexibility index (Phi) is 5.94.